The van der Waals surface area contributed by atoms with Crippen LogP contribution in [0.4, 0.5) is 5.69 Å². The van der Waals surface area contributed by atoms with Crippen molar-refractivity contribution in [2.75, 3.05) is 5.32 Å². The molecule has 0 bridgehead atoms. The number of hydrogen-bond acceptors (Lipinski definition) is 3. The highest BCUT2D eigenvalue weighted by Gasteiger charge is 2.11. The van der Waals surface area contributed by atoms with Gasteiger partial charge in [-0.05, 0) is 24.6 Å². The first-order valence-corrected chi connectivity index (χ1v) is 6.48. The first-order chi connectivity index (χ1) is 8.20. The fourth-order valence-corrected chi connectivity index (χ4v) is 2.26. The molecular weight excluding hydrogens is 256 g/mol. The third-order valence-corrected chi connectivity index (χ3v) is 3.55. The van der Waals surface area contributed by atoms with Crippen LogP contribution < -0.4 is 5.32 Å². The second-order valence-corrected chi connectivity index (χ2v) is 4.67. The minimum absolute atomic E-state index is 0.122. The Hall–Kier alpha value is -1.39. The van der Waals surface area contributed by atoms with Crippen LogP contribution in [0.2, 0.25) is 0 Å². The number of rotatable bonds is 3. The fourth-order valence-electron chi connectivity index (χ4n) is 1.38. The van der Waals surface area contributed by atoms with E-state index in [0.717, 1.165) is 16.9 Å². The van der Waals surface area contributed by atoms with Crippen LogP contribution in [0.15, 0.2) is 29.8 Å². The van der Waals surface area contributed by atoms with E-state index in [9.17, 15) is 4.79 Å². The lowest BCUT2D eigenvalue weighted by Gasteiger charge is -2.04. The maximum Gasteiger partial charge on any atom is 0.267 e. The van der Waals surface area contributed by atoms with Gasteiger partial charge in [0, 0.05) is 11.6 Å². The van der Waals surface area contributed by atoms with E-state index in [2.05, 4.69) is 10.3 Å². The summed E-state index contributed by atoms with van der Waals surface area (Å²) in [6.07, 6.45) is 0. The van der Waals surface area contributed by atoms with E-state index in [1.54, 1.807) is 5.51 Å². The smallest absolute Gasteiger partial charge is 0.267 e. The average molecular weight is 267 g/mol. The highest BCUT2D eigenvalue weighted by Crippen LogP contribution is 2.16. The second-order valence-electron chi connectivity index (χ2n) is 3.55. The van der Waals surface area contributed by atoms with Gasteiger partial charge < -0.3 is 5.32 Å². The van der Waals surface area contributed by atoms with Crippen LogP contribution in [0.5, 0.6) is 0 Å². The number of aromatic nitrogens is 1. The van der Waals surface area contributed by atoms with Crippen LogP contribution in [0.25, 0.3) is 0 Å². The van der Waals surface area contributed by atoms with Crippen LogP contribution >= 0.6 is 22.9 Å². The molecule has 0 atom stereocenters. The van der Waals surface area contributed by atoms with Crippen molar-refractivity contribution in [3.8, 4) is 0 Å². The van der Waals surface area contributed by atoms with Gasteiger partial charge in [-0.15, -0.1) is 22.9 Å². The summed E-state index contributed by atoms with van der Waals surface area (Å²) in [5.41, 5.74) is 4.21. The number of nitrogens with zero attached hydrogens (tertiary/aromatic N) is 1. The number of thiazole rings is 1. The zero-order valence-electron chi connectivity index (χ0n) is 9.24. The van der Waals surface area contributed by atoms with E-state index in [1.165, 1.54) is 11.3 Å². The molecule has 1 aromatic heterocycles. The van der Waals surface area contributed by atoms with Crippen LogP contribution in [-0.4, -0.2) is 10.9 Å². The van der Waals surface area contributed by atoms with Gasteiger partial charge in [0.15, 0.2) is 0 Å². The number of benzene rings is 1. The summed E-state index contributed by atoms with van der Waals surface area (Å²) in [5, 5.41) is 2.82. The van der Waals surface area contributed by atoms with Gasteiger partial charge in [-0.3, -0.25) is 4.79 Å². The topological polar surface area (TPSA) is 42.0 Å². The number of carbonyl (C=O) groups is 1. The molecule has 0 aliphatic heterocycles. The third-order valence-electron chi connectivity index (χ3n) is 2.32. The zero-order valence-corrected chi connectivity index (χ0v) is 10.8. The molecule has 0 aliphatic rings. The molecule has 5 heteroatoms. The third kappa shape index (κ3) is 2.84. The van der Waals surface area contributed by atoms with Crippen molar-refractivity contribution in [3.05, 3.63) is 45.9 Å². The number of anilines is 1. The number of carbonyl (C=O) groups excluding carboxylic acids is 1. The number of nitrogens with one attached hydrogen (secondary N) is 1. The van der Waals surface area contributed by atoms with Crippen LogP contribution in [0.3, 0.4) is 0 Å². The van der Waals surface area contributed by atoms with Gasteiger partial charge in [-0.1, -0.05) is 12.1 Å². The summed E-state index contributed by atoms with van der Waals surface area (Å²) in [6, 6.07) is 7.46. The van der Waals surface area contributed by atoms with E-state index >= 15 is 0 Å². The van der Waals surface area contributed by atoms with Crippen molar-refractivity contribution in [1.29, 1.82) is 0 Å². The number of halogens is 1. The summed E-state index contributed by atoms with van der Waals surface area (Å²) in [6.45, 7) is 1.82. The Morgan fingerprint density at radius 1 is 1.41 bits per heavy atom. The Labute approximate surface area is 108 Å². The molecule has 0 fully saturated rings. The largest absolute Gasteiger partial charge is 0.321 e. The summed E-state index contributed by atoms with van der Waals surface area (Å²) < 4.78 is 0. The van der Waals surface area contributed by atoms with Crippen LogP contribution in [0.1, 0.15) is 20.9 Å². The fraction of sp³-hybridized carbons (Fsp3) is 0.167. The van der Waals surface area contributed by atoms with Gasteiger partial charge in [0.1, 0.15) is 4.88 Å². The lowest BCUT2D eigenvalue weighted by Crippen LogP contribution is -2.11. The standard InChI is InChI=1S/C12H11ClN2OS/c1-8-11(17-7-14-8)12(16)15-10-4-2-9(6-13)3-5-10/h2-5,7H,6H2,1H3,(H,15,16). The van der Waals surface area contributed by atoms with E-state index in [1.807, 2.05) is 31.2 Å². The number of alkyl halides is 1. The maximum atomic E-state index is 11.9. The highest BCUT2D eigenvalue weighted by atomic mass is 35.5. The summed E-state index contributed by atoms with van der Waals surface area (Å²) in [4.78, 5) is 16.6. The van der Waals surface area contributed by atoms with Crippen molar-refractivity contribution in [2.24, 2.45) is 0 Å². The number of aryl methyl sites for hydroxylation is 1. The van der Waals surface area contributed by atoms with Gasteiger partial charge in [-0.25, -0.2) is 4.98 Å². The van der Waals surface area contributed by atoms with E-state index in [4.69, 9.17) is 11.6 Å². The van der Waals surface area contributed by atoms with E-state index < -0.39 is 0 Å². The Balaban J connectivity index is 2.10. The minimum atomic E-state index is -0.122. The average Bonchev–Trinajstić information content (AvgIpc) is 2.76. The Morgan fingerprint density at radius 2 is 2.12 bits per heavy atom. The van der Waals surface area contributed by atoms with Gasteiger partial charge in [0.05, 0.1) is 11.2 Å². The van der Waals surface area contributed by atoms with E-state index in [0.29, 0.717) is 10.8 Å². The Kier molecular flexibility index (Phi) is 3.76. The molecule has 2 aromatic rings. The molecule has 1 aromatic carbocycles. The van der Waals surface area contributed by atoms with Crippen molar-refractivity contribution in [2.45, 2.75) is 12.8 Å². The van der Waals surface area contributed by atoms with Crippen molar-refractivity contribution >= 4 is 34.5 Å². The summed E-state index contributed by atoms with van der Waals surface area (Å²) in [7, 11) is 0. The monoisotopic (exact) mass is 266 g/mol. The number of hydrogen-bond donors (Lipinski definition) is 1. The molecule has 0 unspecified atom stereocenters. The first-order valence-electron chi connectivity index (χ1n) is 5.07. The maximum absolute atomic E-state index is 11.9. The van der Waals surface area contributed by atoms with Crippen LogP contribution in [0, 0.1) is 6.92 Å². The predicted molar refractivity (Wildman–Crippen MR) is 70.8 cm³/mol. The molecule has 0 saturated carbocycles. The van der Waals surface area contributed by atoms with Gasteiger partial charge in [-0.2, -0.15) is 0 Å². The van der Waals surface area contributed by atoms with Gasteiger partial charge in [0.2, 0.25) is 0 Å². The Bertz CT molecular complexity index is 522. The molecule has 3 nitrogen and oxygen atoms in total. The predicted octanol–water partition coefficient (Wildman–Crippen LogP) is 3.44. The zero-order chi connectivity index (χ0) is 12.3. The Morgan fingerprint density at radius 3 is 2.65 bits per heavy atom. The lowest BCUT2D eigenvalue weighted by molar-refractivity contribution is 0.103. The van der Waals surface area contributed by atoms with E-state index in [-0.39, 0.29) is 5.91 Å². The summed E-state index contributed by atoms with van der Waals surface area (Å²) >= 11 is 7.03. The normalized spacial score (nSPS) is 10.2. The lowest BCUT2D eigenvalue weighted by atomic mass is 10.2. The minimum Gasteiger partial charge on any atom is -0.321 e. The molecule has 1 N–H and O–H groups in total. The molecule has 17 heavy (non-hydrogen) atoms. The van der Waals surface area contributed by atoms with Crippen molar-refractivity contribution in [3.63, 3.8) is 0 Å². The van der Waals surface area contributed by atoms with Gasteiger partial charge >= 0.3 is 0 Å². The SMILES string of the molecule is Cc1ncsc1C(=O)Nc1ccc(CCl)cc1. The molecule has 0 radical (unpaired) electrons. The highest BCUT2D eigenvalue weighted by molar-refractivity contribution is 7.12. The molecule has 0 saturated heterocycles. The van der Waals surface area contributed by atoms with Gasteiger partial charge in [0.25, 0.3) is 5.91 Å². The quantitative estimate of drug-likeness (QED) is 0.865. The first kappa shape index (κ1) is 12.1. The molecule has 0 aliphatic carbocycles. The molecule has 2 rings (SSSR count). The van der Waals surface area contributed by atoms with Crippen molar-refractivity contribution in [1.82, 2.24) is 4.98 Å². The second kappa shape index (κ2) is 5.29. The molecule has 0 spiro atoms. The summed E-state index contributed by atoms with van der Waals surface area (Å²) in [5.74, 6) is 0.353. The molecular formula is C12H11ClN2OS. The molecule has 1 heterocycles. The number of amides is 1. The molecule has 88 valence electrons. The van der Waals surface area contributed by atoms with Crippen LogP contribution in [-0.2, 0) is 5.88 Å². The molecule has 1 amide bonds. The van der Waals surface area contributed by atoms with Crippen molar-refractivity contribution < 1.29 is 4.79 Å².